The minimum atomic E-state index is -0.383. The van der Waals surface area contributed by atoms with Gasteiger partial charge in [-0.1, -0.05) is 90.5 Å². The van der Waals surface area contributed by atoms with Crippen LogP contribution in [0.15, 0.2) is 84.9 Å². The van der Waals surface area contributed by atoms with Gasteiger partial charge in [0.2, 0.25) is 0 Å². The zero-order valence-electron chi connectivity index (χ0n) is 13.9. The molecule has 0 amide bonds. The Bertz CT molecular complexity index is 677. The van der Waals surface area contributed by atoms with Crippen LogP contribution in [0.4, 0.5) is 0 Å². The van der Waals surface area contributed by atoms with Gasteiger partial charge < -0.3 is 9.47 Å². The molecule has 24 heavy (non-hydrogen) atoms. The third-order valence-corrected chi connectivity index (χ3v) is 3.84. The lowest BCUT2D eigenvalue weighted by molar-refractivity contribution is -0.161. The average Bonchev–Trinajstić information content (AvgIpc) is 2.64. The second-order valence-electron chi connectivity index (χ2n) is 5.84. The summed E-state index contributed by atoms with van der Waals surface area (Å²) in [6.45, 7) is 3.12. The number of hydrogen-bond donors (Lipinski definition) is 0. The van der Waals surface area contributed by atoms with Crippen molar-refractivity contribution >= 4 is 0 Å². The molecular weight excluding hydrogens is 296 g/mol. The monoisotopic (exact) mass is 318 g/mol. The van der Waals surface area contributed by atoms with Crippen molar-refractivity contribution in [2.24, 2.45) is 0 Å². The van der Waals surface area contributed by atoms with Crippen LogP contribution < -0.4 is 0 Å². The number of benzene rings is 3. The Kier molecular flexibility index (Phi) is 5.78. The first-order valence-electron chi connectivity index (χ1n) is 8.19. The Morgan fingerprint density at radius 3 is 1.54 bits per heavy atom. The van der Waals surface area contributed by atoms with E-state index < -0.39 is 0 Å². The number of aryl methyl sites for hydroxylation is 1. The van der Waals surface area contributed by atoms with Crippen molar-refractivity contribution < 1.29 is 9.47 Å². The van der Waals surface area contributed by atoms with Crippen LogP contribution in [0, 0.1) is 6.92 Å². The summed E-state index contributed by atoms with van der Waals surface area (Å²) in [5.41, 5.74) is 4.53. The molecule has 0 unspecified atom stereocenters. The summed E-state index contributed by atoms with van der Waals surface area (Å²) in [7, 11) is 0. The van der Waals surface area contributed by atoms with E-state index in [9.17, 15) is 0 Å². The average molecular weight is 318 g/mol. The van der Waals surface area contributed by atoms with Gasteiger partial charge in [-0.25, -0.2) is 0 Å². The smallest absolute Gasteiger partial charge is 0.184 e. The largest absolute Gasteiger partial charge is 0.344 e. The summed E-state index contributed by atoms with van der Waals surface area (Å²) >= 11 is 0. The maximum absolute atomic E-state index is 6.05. The molecule has 2 nitrogen and oxygen atoms in total. The van der Waals surface area contributed by atoms with Gasteiger partial charge in [0.1, 0.15) is 0 Å². The van der Waals surface area contributed by atoms with Crippen LogP contribution >= 0.6 is 0 Å². The lowest BCUT2D eigenvalue weighted by Gasteiger charge is -2.19. The Morgan fingerprint density at radius 2 is 1.08 bits per heavy atom. The molecule has 3 aromatic carbocycles. The molecule has 0 aliphatic carbocycles. The number of ether oxygens (including phenoxy) is 2. The van der Waals surface area contributed by atoms with Crippen molar-refractivity contribution in [3.63, 3.8) is 0 Å². The molecule has 0 aliphatic rings. The van der Waals surface area contributed by atoms with E-state index in [0.29, 0.717) is 13.2 Å². The second-order valence-corrected chi connectivity index (χ2v) is 5.84. The van der Waals surface area contributed by atoms with E-state index in [4.69, 9.17) is 9.47 Å². The van der Waals surface area contributed by atoms with Gasteiger partial charge in [-0.2, -0.15) is 0 Å². The van der Waals surface area contributed by atoms with Crippen LogP contribution in [0.2, 0.25) is 0 Å². The van der Waals surface area contributed by atoms with Crippen LogP contribution in [-0.2, 0) is 22.7 Å². The SMILES string of the molecule is Cc1ccc(C(OCc2ccccc2)OCc2ccccc2)cc1. The van der Waals surface area contributed by atoms with Crippen molar-refractivity contribution in [3.8, 4) is 0 Å². The van der Waals surface area contributed by atoms with Gasteiger partial charge in [0.15, 0.2) is 6.29 Å². The first kappa shape index (κ1) is 16.4. The van der Waals surface area contributed by atoms with Gasteiger partial charge in [-0.05, 0) is 18.1 Å². The minimum absolute atomic E-state index is 0.383. The summed E-state index contributed by atoms with van der Waals surface area (Å²) in [5, 5.41) is 0. The minimum Gasteiger partial charge on any atom is -0.344 e. The molecule has 0 radical (unpaired) electrons. The fourth-order valence-corrected chi connectivity index (χ4v) is 2.46. The molecule has 0 bridgehead atoms. The molecular formula is C22H22O2. The lowest BCUT2D eigenvalue weighted by Crippen LogP contribution is -2.09. The number of hydrogen-bond acceptors (Lipinski definition) is 2. The highest BCUT2D eigenvalue weighted by Gasteiger charge is 2.13. The molecule has 0 saturated heterocycles. The third kappa shape index (κ3) is 4.79. The molecule has 122 valence electrons. The molecule has 0 saturated carbocycles. The van der Waals surface area contributed by atoms with E-state index in [2.05, 4.69) is 55.5 Å². The summed E-state index contributed by atoms with van der Waals surface area (Å²) in [5.74, 6) is 0. The Balaban J connectivity index is 1.69. The molecule has 3 aromatic rings. The van der Waals surface area contributed by atoms with E-state index in [1.54, 1.807) is 0 Å². The molecule has 0 fully saturated rings. The van der Waals surface area contributed by atoms with E-state index in [1.807, 2.05) is 36.4 Å². The maximum Gasteiger partial charge on any atom is 0.184 e. The molecule has 0 heterocycles. The first-order chi connectivity index (χ1) is 11.8. The zero-order valence-corrected chi connectivity index (χ0v) is 13.9. The van der Waals surface area contributed by atoms with Crippen molar-refractivity contribution in [1.29, 1.82) is 0 Å². The van der Waals surface area contributed by atoms with Crippen molar-refractivity contribution in [1.82, 2.24) is 0 Å². The fourth-order valence-electron chi connectivity index (χ4n) is 2.46. The van der Waals surface area contributed by atoms with Gasteiger partial charge in [-0.3, -0.25) is 0 Å². The zero-order chi connectivity index (χ0) is 16.6. The van der Waals surface area contributed by atoms with E-state index in [0.717, 1.165) is 16.7 Å². The predicted octanol–water partition coefficient (Wildman–Crippen LogP) is 5.43. The van der Waals surface area contributed by atoms with Crippen LogP contribution in [-0.4, -0.2) is 0 Å². The Hall–Kier alpha value is -2.42. The first-order valence-corrected chi connectivity index (χ1v) is 8.19. The van der Waals surface area contributed by atoms with Crippen molar-refractivity contribution in [2.45, 2.75) is 26.4 Å². The van der Waals surface area contributed by atoms with Crippen molar-refractivity contribution in [2.75, 3.05) is 0 Å². The standard InChI is InChI=1S/C22H22O2/c1-18-12-14-21(15-13-18)22(23-16-19-8-4-2-5-9-19)24-17-20-10-6-3-7-11-20/h2-15,22H,16-17H2,1H3. The summed E-state index contributed by atoms with van der Waals surface area (Å²) < 4.78 is 12.1. The third-order valence-electron chi connectivity index (χ3n) is 3.84. The van der Waals surface area contributed by atoms with Crippen LogP contribution in [0.1, 0.15) is 28.5 Å². The molecule has 0 atom stereocenters. The van der Waals surface area contributed by atoms with Crippen LogP contribution in [0.25, 0.3) is 0 Å². The summed E-state index contributed by atoms with van der Waals surface area (Å²) in [6.07, 6.45) is -0.383. The van der Waals surface area contributed by atoms with Gasteiger partial charge in [0, 0.05) is 5.56 Å². The predicted molar refractivity (Wildman–Crippen MR) is 96.4 cm³/mol. The molecule has 3 rings (SSSR count). The van der Waals surface area contributed by atoms with Gasteiger partial charge in [0.05, 0.1) is 13.2 Å². The Labute approximate surface area is 143 Å². The maximum atomic E-state index is 6.05. The molecule has 0 aromatic heterocycles. The normalized spacial score (nSPS) is 10.9. The highest BCUT2D eigenvalue weighted by Crippen LogP contribution is 2.23. The highest BCUT2D eigenvalue weighted by molar-refractivity contribution is 5.23. The summed E-state index contributed by atoms with van der Waals surface area (Å²) in [6, 6.07) is 28.6. The Morgan fingerprint density at radius 1 is 0.625 bits per heavy atom. The molecule has 2 heteroatoms. The van der Waals surface area contributed by atoms with Crippen LogP contribution in [0.5, 0.6) is 0 Å². The van der Waals surface area contributed by atoms with Gasteiger partial charge in [0.25, 0.3) is 0 Å². The lowest BCUT2D eigenvalue weighted by atomic mass is 10.1. The van der Waals surface area contributed by atoms with E-state index in [1.165, 1.54) is 5.56 Å². The van der Waals surface area contributed by atoms with E-state index >= 15 is 0 Å². The summed E-state index contributed by atoms with van der Waals surface area (Å²) in [4.78, 5) is 0. The van der Waals surface area contributed by atoms with E-state index in [-0.39, 0.29) is 6.29 Å². The molecule has 0 N–H and O–H groups in total. The second kappa shape index (κ2) is 8.44. The van der Waals surface area contributed by atoms with Crippen molar-refractivity contribution in [3.05, 3.63) is 107 Å². The topological polar surface area (TPSA) is 18.5 Å². The quantitative estimate of drug-likeness (QED) is 0.541. The highest BCUT2D eigenvalue weighted by atomic mass is 16.7. The molecule has 0 spiro atoms. The van der Waals surface area contributed by atoms with Gasteiger partial charge in [-0.15, -0.1) is 0 Å². The van der Waals surface area contributed by atoms with Gasteiger partial charge >= 0.3 is 0 Å². The fraction of sp³-hybridized carbons (Fsp3) is 0.182. The number of rotatable bonds is 7. The van der Waals surface area contributed by atoms with Crippen LogP contribution in [0.3, 0.4) is 0 Å². The molecule has 0 aliphatic heterocycles.